The number of ether oxygens (including phenoxy) is 2. The number of carbonyl (C=O) groups is 2. The molecule has 0 radical (unpaired) electrons. The third-order valence-electron chi connectivity index (χ3n) is 5.24. The van der Waals surface area contributed by atoms with Crippen molar-refractivity contribution in [1.29, 1.82) is 0 Å². The topological polar surface area (TPSA) is 94.5 Å². The molecule has 2 aromatic carbocycles. The van der Waals surface area contributed by atoms with Crippen LogP contribution in [0.25, 0.3) is 5.69 Å². The molecule has 0 fully saturated rings. The lowest BCUT2D eigenvalue weighted by atomic mass is 10.0. The molecule has 4 rings (SSSR count). The van der Waals surface area contributed by atoms with Gasteiger partial charge in [0, 0.05) is 24.7 Å². The second-order valence-corrected chi connectivity index (χ2v) is 7.55. The summed E-state index contributed by atoms with van der Waals surface area (Å²) in [5.74, 6) is 1.55. The quantitative estimate of drug-likeness (QED) is 0.504. The normalized spacial score (nSPS) is 12.6. The zero-order valence-electron chi connectivity index (χ0n) is 18.0. The van der Waals surface area contributed by atoms with Gasteiger partial charge in [-0.05, 0) is 66.9 Å². The van der Waals surface area contributed by atoms with E-state index in [0.29, 0.717) is 32.4 Å². The van der Waals surface area contributed by atoms with E-state index in [1.54, 1.807) is 11.8 Å². The van der Waals surface area contributed by atoms with Crippen LogP contribution in [-0.4, -0.2) is 35.3 Å². The molecule has 0 spiro atoms. The summed E-state index contributed by atoms with van der Waals surface area (Å²) in [5, 5.41) is 10.2. The van der Waals surface area contributed by atoms with Crippen LogP contribution in [0.5, 0.6) is 11.5 Å². The minimum atomic E-state index is -0.0410. The molecule has 2 heterocycles. The summed E-state index contributed by atoms with van der Waals surface area (Å²) in [6.07, 6.45) is 4.06. The van der Waals surface area contributed by atoms with Crippen molar-refractivity contribution in [2.45, 2.75) is 32.2 Å². The van der Waals surface area contributed by atoms with Crippen molar-refractivity contribution in [2.24, 2.45) is 0 Å². The van der Waals surface area contributed by atoms with Gasteiger partial charge in [-0.15, -0.1) is 0 Å². The van der Waals surface area contributed by atoms with Crippen LogP contribution >= 0.6 is 0 Å². The zero-order chi connectivity index (χ0) is 22.3. The van der Waals surface area contributed by atoms with Gasteiger partial charge in [0.05, 0.1) is 31.6 Å². The number of methoxy groups -OCH3 is 1. The van der Waals surface area contributed by atoms with Gasteiger partial charge in [-0.2, -0.15) is 5.10 Å². The molecule has 32 heavy (non-hydrogen) atoms. The number of hydrogen-bond acceptors (Lipinski definition) is 5. The zero-order valence-corrected chi connectivity index (χ0v) is 18.0. The van der Waals surface area contributed by atoms with E-state index in [1.807, 2.05) is 54.7 Å². The summed E-state index contributed by atoms with van der Waals surface area (Å²) >= 11 is 0. The van der Waals surface area contributed by atoms with Crippen LogP contribution in [0, 0.1) is 0 Å². The molecule has 0 atom stereocenters. The molecular weight excluding hydrogens is 408 g/mol. The van der Waals surface area contributed by atoms with Gasteiger partial charge in [-0.25, -0.2) is 4.68 Å². The third-order valence-corrected chi connectivity index (χ3v) is 5.24. The number of anilines is 1. The molecule has 0 aliphatic carbocycles. The molecule has 8 nitrogen and oxygen atoms in total. The highest BCUT2D eigenvalue weighted by Gasteiger charge is 2.15. The lowest BCUT2D eigenvalue weighted by Gasteiger charge is -2.17. The average molecular weight is 434 g/mol. The number of carbonyl (C=O) groups excluding carboxylic acids is 2. The highest BCUT2D eigenvalue weighted by molar-refractivity contribution is 5.94. The Morgan fingerprint density at radius 2 is 1.94 bits per heavy atom. The van der Waals surface area contributed by atoms with E-state index in [2.05, 4.69) is 15.7 Å². The predicted octanol–water partition coefficient (Wildman–Crippen LogP) is 3.24. The molecule has 0 unspecified atom stereocenters. The maximum atomic E-state index is 12.1. The molecule has 166 valence electrons. The molecule has 0 saturated carbocycles. The molecule has 3 aromatic rings. The third kappa shape index (κ3) is 5.46. The summed E-state index contributed by atoms with van der Waals surface area (Å²) in [4.78, 5) is 23.6. The predicted molar refractivity (Wildman–Crippen MR) is 120 cm³/mol. The fourth-order valence-electron chi connectivity index (χ4n) is 3.48. The highest BCUT2D eigenvalue weighted by atomic mass is 16.5. The van der Waals surface area contributed by atoms with Gasteiger partial charge in [0.2, 0.25) is 11.8 Å². The lowest BCUT2D eigenvalue weighted by molar-refractivity contribution is -0.121. The first-order valence-corrected chi connectivity index (χ1v) is 10.6. The van der Waals surface area contributed by atoms with E-state index in [4.69, 9.17) is 9.47 Å². The first kappa shape index (κ1) is 21.4. The number of rotatable bonds is 9. The summed E-state index contributed by atoms with van der Waals surface area (Å²) < 4.78 is 12.7. The van der Waals surface area contributed by atoms with Crippen LogP contribution in [0.4, 0.5) is 5.69 Å². The first-order chi connectivity index (χ1) is 15.6. The summed E-state index contributed by atoms with van der Waals surface area (Å²) in [5.41, 5.74) is 3.63. The minimum Gasteiger partial charge on any atom is -0.497 e. The molecule has 2 N–H and O–H groups in total. The van der Waals surface area contributed by atoms with Crippen LogP contribution in [-0.2, 0) is 22.6 Å². The van der Waals surface area contributed by atoms with Crippen LogP contribution in [0.1, 0.15) is 30.5 Å². The number of amides is 2. The smallest absolute Gasteiger partial charge is 0.224 e. The molecule has 1 aromatic heterocycles. The Labute approximate surface area is 186 Å². The molecule has 0 saturated heterocycles. The van der Waals surface area contributed by atoms with Gasteiger partial charge >= 0.3 is 0 Å². The number of fused-ring (bicyclic) bond motifs is 1. The maximum Gasteiger partial charge on any atom is 0.224 e. The molecule has 1 aliphatic heterocycles. The first-order valence-electron chi connectivity index (χ1n) is 10.6. The number of nitrogens with zero attached hydrogens (tertiary/aromatic N) is 2. The van der Waals surface area contributed by atoms with Crippen molar-refractivity contribution in [1.82, 2.24) is 15.1 Å². The Morgan fingerprint density at radius 1 is 1.12 bits per heavy atom. The van der Waals surface area contributed by atoms with E-state index in [9.17, 15) is 9.59 Å². The van der Waals surface area contributed by atoms with Crippen molar-refractivity contribution in [3.8, 4) is 17.2 Å². The van der Waals surface area contributed by atoms with Gasteiger partial charge in [0.25, 0.3) is 0 Å². The number of benzene rings is 2. The van der Waals surface area contributed by atoms with Crippen LogP contribution in [0.2, 0.25) is 0 Å². The molecular formula is C24H26N4O4. The Morgan fingerprint density at radius 3 is 2.75 bits per heavy atom. The van der Waals surface area contributed by atoms with Crippen LogP contribution in [0.3, 0.4) is 0 Å². The fraction of sp³-hybridized carbons (Fsp3) is 0.292. The van der Waals surface area contributed by atoms with Crippen molar-refractivity contribution < 1.29 is 19.1 Å². The molecule has 0 bridgehead atoms. The second-order valence-electron chi connectivity index (χ2n) is 7.55. The van der Waals surface area contributed by atoms with Crippen LogP contribution in [0.15, 0.2) is 54.7 Å². The van der Waals surface area contributed by atoms with Crippen molar-refractivity contribution in [3.63, 3.8) is 0 Å². The van der Waals surface area contributed by atoms with Crippen molar-refractivity contribution >= 4 is 17.5 Å². The van der Waals surface area contributed by atoms with E-state index < -0.39 is 0 Å². The standard InChI is InChI=1S/C24H26N4O4/c1-31-20-7-5-19(6-8-20)28-13-12-18(27-28)16-25-23(29)3-2-14-32-21-9-10-22-17(15-21)4-11-24(30)26-22/h5-10,12-13,15H,2-4,11,14,16H2,1H3,(H,25,29)(H,26,30). The summed E-state index contributed by atoms with van der Waals surface area (Å²) in [6, 6.07) is 15.1. The molecule has 8 heteroatoms. The van der Waals surface area contributed by atoms with Crippen LogP contribution < -0.4 is 20.1 Å². The van der Waals surface area contributed by atoms with Crippen molar-refractivity contribution in [3.05, 3.63) is 66.0 Å². The Bertz CT molecular complexity index is 1090. The highest BCUT2D eigenvalue weighted by Crippen LogP contribution is 2.26. The minimum absolute atomic E-state index is 0.0410. The monoisotopic (exact) mass is 434 g/mol. The lowest BCUT2D eigenvalue weighted by Crippen LogP contribution is -2.23. The van der Waals surface area contributed by atoms with E-state index in [0.717, 1.165) is 40.6 Å². The fourth-order valence-corrected chi connectivity index (χ4v) is 3.48. The number of aryl methyl sites for hydroxylation is 1. The Hall–Kier alpha value is -3.81. The molecule has 2 amide bonds. The average Bonchev–Trinajstić information content (AvgIpc) is 3.29. The largest absolute Gasteiger partial charge is 0.497 e. The van der Waals surface area contributed by atoms with Gasteiger partial charge < -0.3 is 20.1 Å². The van der Waals surface area contributed by atoms with Gasteiger partial charge in [0.15, 0.2) is 0 Å². The second kappa shape index (κ2) is 10.00. The van der Waals surface area contributed by atoms with Gasteiger partial charge in [0.1, 0.15) is 11.5 Å². The number of hydrogen-bond donors (Lipinski definition) is 2. The number of aromatic nitrogens is 2. The summed E-state index contributed by atoms with van der Waals surface area (Å²) in [6.45, 7) is 0.823. The van der Waals surface area contributed by atoms with Gasteiger partial charge in [-0.1, -0.05) is 0 Å². The van der Waals surface area contributed by atoms with Gasteiger partial charge in [-0.3, -0.25) is 9.59 Å². The van der Waals surface area contributed by atoms with E-state index >= 15 is 0 Å². The van der Waals surface area contributed by atoms with Crippen molar-refractivity contribution in [2.75, 3.05) is 19.0 Å². The van der Waals surface area contributed by atoms with E-state index in [1.165, 1.54) is 0 Å². The maximum absolute atomic E-state index is 12.1. The molecule has 1 aliphatic rings. The summed E-state index contributed by atoms with van der Waals surface area (Å²) in [7, 11) is 1.63. The SMILES string of the molecule is COc1ccc(-n2ccc(CNC(=O)CCCOc3ccc4c(c3)CCC(=O)N4)n2)cc1. The Kier molecular flexibility index (Phi) is 6.69. The number of nitrogens with one attached hydrogen (secondary N) is 2. The van der Waals surface area contributed by atoms with E-state index in [-0.39, 0.29) is 11.8 Å². The Balaban J connectivity index is 1.17.